The van der Waals surface area contributed by atoms with Crippen molar-refractivity contribution in [2.24, 2.45) is 0 Å². The van der Waals surface area contributed by atoms with E-state index in [1.807, 2.05) is 6.92 Å². The predicted molar refractivity (Wildman–Crippen MR) is 59.2 cm³/mol. The molecule has 15 heavy (non-hydrogen) atoms. The lowest BCUT2D eigenvalue weighted by Gasteiger charge is -2.24. The molecule has 0 radical (unpaired) electrons. The molecule has 2 N–H and O–H groups in total. The topological polar surface area (TPSA) is 75.6 Å². The summed E-state index contributed by atoms with van der Waals surface area (Å²) in [4.78, 5) is 0. The van der Waals surface area contributed by atoms with Crippen molar-refractivity contribution in [3.8, 4) is 0 Å². The molecule has 0 saturated heterocycles. The van der Waals surface area contributed by atoms with Gasteiger partial charge >= 0.3 is 0 Å². The van der Waals surface area contributed by atoms with Crippen LogP contribution in [0.5, 0.6) is 0 Å². The van der Waals surface area contributed by atoms with E-state index in [4.69, 9.17) is 9.84 Å². The largest absolute Gasteiger partial charge is 0.396 e. The molecule has 0 heterocycles. The fourth-order valence-corrected chi connectivity index (χ4v) is 2.50. The first-order chi connectivity index (χ1) is 6.83. The van der Waals surface area contributed by atoms with Crippen LogP contribution in [0.1, 0.15) is 27.2 Å². The highest BCUT2D eigenvalue weighted by Crippen LogP contribution is 2.09. The van der Waals surface area contributed by atoms with Gasteiger partial charge in [-0.25, -0.2) is 13.1 Å². The molecule has 92 valence electrons. The van der Waals surface area contributed by atoms with Crippen molar-refractivity contribution < 1.29 is 18.3 Å². The molecule has 0 spiro atoms. The number of hydrogen-bond acceptors (Lipinski definition) is 4. The summed E-state index contributed by atoms with van der Waals surface area (Å²) in [6.07, 6.45) is 0.390. The van der Waals surface area contributed by atoms with E-state index in [1.54, 1.807) is 13.8 Å². The van der Waals surface area contributed by atoms with Crippen LogP contribution < -0.4 is 4.72 Å². The highest BCUT2D eigenvalue weighted by molar-refractivity contribution is 7.89. The van der Waals surface area contributed by atoms with Crippen molar-refractivity contribution in [3.05, 3.63) is 0 Å². The first-order valence-corrected chi connectivity index (χ1v) is 6.68. The maximum atomic E-state index is 11.5. The van der Waals surface area contributed by atoms with E-state index in [0.29, 0.717) is 13.0 Å². The van der Waals surface area contributed by atoms with Gasteiger partial charge in [0.2, 0.25) is 10.0 Å². The van der Waals surface area contributed by atoms with Gasteiger partial charge in [0.25, 0.3) is 0 Å². The van der Waals surface area contributed by atoms with Crippen molar-refractivity contribution in [1.29, 1.82) is 0 Å². The zero-order chi connectivity index (χ0) is 11.9. The molecule has 0 aliphatic carbocycles. The molecule has 0 amide bonds. The van der Waals surface area contributed by atoms with Gasteiger partial charge in [-0.2, -0.15) is 0 Å². The lowest BCUT2D eigenvalue weighted by Crippen LogP contribution is -2.45. The van der Waals surface area contributed by atoms with Crippen LogP contribution in [0.4, 0.5) is 0 Å². The lowest BCUT2D eigenvalue weighted by atomic mass is 10.0. The molecule has 0 unspecified atom stereocenters. The van der Waals surface area contributed by atoms with E-state index in [-0.39, 0.29) is 19.0 Å². The average Bonchev–Trinajstić information content (AvgIpc) is 2.01. The maximum absolute atomic E-state index is 11.5. The van der Waals surface area contributed by atoms with Gasteiger partial charge in [0.15, 0.2) is 0 Å². The summed E-state index contributed by atoms with van der Waals surface area (Å²) >= 11 is 0. The third-order valence-electron chi connectivity index (χ3n) is 1.87. The van der Waals surface area contributed by atoms with Gasteiger partial charge in [-0.15, -0.1) is 0 Å². The molecule has 0 fully saturated rings. The average molecular weight is 239 g/mol. The van der Waals surface area contributed by atoms with Crippen molar-refractivity contribution in [1.82, 2.24) is 4.72 Å². The SMILES string of the molecule is CCOCCS(=O)(=O)NC(C)(C)CCO. The molecule has 0 aromatic rings. The molecule has 0 aliphatic rings. The summed E-state index contributed by atoms with van der Waals surface area (Å²) in [5.74, 6) is -0.0459. The highest BCUT2D eigenvalue weighted by Gasteiger charge is 2.23. The second kappa shape index (κ2) is 6.42. The fourth-order valence-electron chi connectivity index (χ4n) is 1.12. The van der Waals surface area contributed by atoms with E-state index < -0.39 is 15.6 Å². The molecule has 0 aromatic heterocycles. The molecule has 0 bridgehead atoms. The van der Waals surface area contributed by atoms with Crippen LogP contribution in [0.2, 0.25) is 0 Å². The monoisotopic (exact) mass is 239 g/mol. The number of sulfonamides is 1. The zero-order valence-corrected chi connectivity index (χ0v) is 10.4. The summed E-state index contributed by atoms with van der Waals surface area (Å²) in [5.41, 5.74) is -0.611. The Morgan fingerprint density at radius 2 is 2.00 bits per heavy atom. The first kappa shape index (κ1) is 14.8. The second-order valence-electron chi connectivity index (χ2n) is 3.98. The Morgan fingerprint density at radius 1 is 1.40 bits per heavy atom. The number of ether oxygens (including phenoxy) is 1. The number of aliphatic hydroxyl groups excluding tert-OH is 1. The number of hydrogen-bond donors (Lipinski definition) is 2. The Kier molecular flexibility index (Phi) is 6.35. The van der Waals surface area contributed by atoms with Crippen LogP contribution >= 0.6 is 0 Å². The van der Waals surface area contributed by atoms with Gasteiger partial charge in [0.05, 0.1) is 12.4 Å². The molecule has 0 aromatic carbocycles. The Bertz CT molecular complexity index is 261. The van der Waals surface area contributed by atoms with Crippen molar-refractivity contribution in [2.75, 3.05) is 25.6 Å². The summed E-state index contributed by atoms with van der Waals surface area (Å²) in [6.45, 7) is 5.95. The Balaban J connectivity index is 4.13. The van der Waals surface area contributed by atoms with Crippen LogP contribution in [0.3, 0.4) is 0 Å². The summed E-state index contributed by atoms with van der Waals surface area (Å²) < 4.78 is 30.5. The smallest absolute Gasteiger partial charge is 0.214 e. The highest BCUT2D eigenvalue weighted by atomic mass is 32.2. The summed E-state index contributed by atoms with van der Waals surface area (Å²) in [7, 11) is -3.32. The lowest BCUT2D eigenvalue weighted by molar-refractivity contribution is 0.163. The quantitative estimate of drug-likeness (QED) is 0.589. The molecular weight excluding hydrogens is 218 g/mol. The molecule has 0 aliphatic heterocycles. The van der Waals surface area contributed by atoms with E-state index in [1.165, 1.54) is 0 Å². The van der Waals surface area contributed by atoms with Crippen LogP contribution in [0, 0.1) is 0 Å². The minimum Gasteiger partial charge on any atom is -0.396 e. The van der Waals surface area contributed by atoms with Gasteiger partial charge in [-0.05, 0) is 27.2 Å². The molecule has 0 rings (SSSR count). The molecule has 0 saturated carbocycles. The molecule has 0 atom stereocenters. The predicted octanol–water partition coefficient (Wildman–Crippen LogP) is 0.103. The first-order valence-electron chi connectivity index (χ1n) is 5.03. The molecule has 6 heteroatoms. The van der Waals surface area contributed by atoms with Crippen molar-refractivity contribution in [2.45, 2.75) is 32.7 Å². The van der Waals surface area contributed by atoms with E-state index in [0.717, 1.165) is 0 Å². The van der Waals surface area contributed by atoms with E-state index >= 15 is 0 Å². The van der Waals surface area contributed by atoms with E-state index in [9.17, 15) is 8.42 Å². The van der Waals surface area contributed by atoms with Gasteiger partial charge < -0.3 is 9.84 Å². The summed E-state index contributed by atoms with van der Waals surface area (Å²) in [6, 6.07) is 0. The van der Waals surface area contributed by atoms with Crippen LogP contribution in [0.25, 0.3) is 0 Å². The normalized spacial score (nSPS) is 13.1. The third-order valence-corrected chi connectivity index (χ3v) is 3.44. The fraction of sp³-hybridized carbons (Fsp3) is 1.00. The Hall–Kier alpha value is -0.170. The van der Waals surface area contributed by atoms with Crippen molar-refractivity contribution >= 4 is 10.0 Å². The van der Waals surface area contributed by atoms with Crippen LogP contribution in [0.15, 0.2) is 0 Å². The van der Waals surface area contributed by atoms with Crippen molar-refractivity contribution in [3.63, 3.8) is 0 Å². The minimum absolute atomic E-state index is 0.0407. The number of nitrogens with one attached hydrogen (secondary N) is 1. The Morgan fingerprint density at radius 3 is 2.47 bits per heavy atom. The number of aliphatic hydroxyl groups is 1. The van der Waals surface area contributed by atoms with Gasteiger partial charge in [-0.3, -0.25) is 0 Å². The zero-order valence-electron chi connectivity index (χ0n) is 9.62. The van der Waals surface area contributed by atoms with Crippen LogP contribution in [-0.4, -0.2) is 44.6 Å². The third kappa shape index (κ3) is 7.72. The van der Waals surface area contributed by atoms with Gasteiger partial charge in [0.1, 0.15) is 0 Å². The Labute approximate surface area is 91.9 Å². The second-order valence-corrected chi connectivity index (χ2v) is 5.82. The standard InChI is InChI=1S/C9H21NO4S/c1-4-14-7-8-15(12,13)10-9(2,3)5-6-11/h10-11H,4-8H2,1-3H3. The number of rotatable bonds is 8. The van der Waals surface area contributed by atoms with Gasteiger partial charge in [-0.1, -0.05) is 0 Å². The van der Waals surface area contributed by atoms with Crippen LogP contribution in [-0.2, 0) is 14.8 Å². The van der Waals surface area contributed by atoms with Gasteiger partial charge in [0, 0.05) is 18.8 Å². The molecule has 5 nitrogen and oxygen atoms in total. The minimum atomic E-state index is -3.32. The maximum Gasteiger partial charge on any atom is 0.214 e. The van der Waals surface area contributed by atoms with E-state index in [2.05, 4.69) is 4.72 Å². The summed E-state index contributed by atoms with van der Waals surface area (Å²) in [5, 5.41) is 8.75. The molecular formula is C9H21NO4S.